The molecule has 0 aliphatic carbocycles. The predicted octanol–water partition coefficient (Wildman–Crippen LogP) is 3.58. The highest BCUT2D eigenvalue weighted by Crippen LogP contribution is 2.23. The van der Waals surface area contributed by atoms with Crippen molar-refractivity contribution in [3.05, 3.63) is 64.7 Å². The highest BCUT2D eigenvalue weighted by molar-refractivity contribution is 7.98. The first-order valence-corrected chi connectivity index (χ1v) is 9.01. The summed E-state index contributed by atoms with van der Waals surface area (Å²) in [5.74, 6) is -0.939. The van der Waals surface area contributed by atoms with Crippen LogP contribution in [-0.2, 0) is 16.0 Å². The van der Waals surface area contributed by atoms with Crippen molar-refractivity contribution in [2.75, 3.05) is 19.4 Å². The van der Waals surface area contributed by atoms with Crippen LogP contribution in [0.1, 0.15) is 15.9 Å². The summed E-state index contributed by atoms with van der Waals surface area (Å²) < 4.78 is 5.03. The van der Waals surface area contributed by atoms with Gasteiger partial charge in [0.1, 0.15) is 0 Å². The van der Waals surface area contributed by atoms with Crippen molar-refractivity contribution in [2.24, 2.45) is 0 Å². The van der Waals surface area contributed by atoms with Gasteiger partial charge in [0.25, 0.3) is 5.91 Å². The normalized spacial score (nSPS) is 10.2. The largest absolute Gasteiger partial charge is 0.452 e. The molecule has 0 aromatic heterocycles. The Bertz CT molecular complexity index is 707. The predicted molar refractivity (Wildman–Crippen MR) is 96.7 cm³/mol. The van der Waals surface area contributed by atoms with E-state index in [2.05, 4.69) is 5.32 Å². The molecule has 0 heterocycles. The summed E-state index contributed by atoms with van der Waals surface area (Å²) in [7, 11) is 0. The van der Waals surface area contributed by atoms with Gasteiger partial charge in [-0.25, -0.2) is 4.79 Å². The van der Waals surface area contributed by atoms with E-state index in [1.807, 2.05) is 42.7 Å². The Morgan fingerprint density at radius 1 is 1.17 bits per heavy atom. The number of carbonyl (C=O) groups excluding carboxylic acids is 2. The Hall–Kier alpha value is -1.98. The number of carbonyl (C=O) groups is 2. The molecule has 1 amide bonds. The number of hydrogen-bond donors (Lipinski definition) is 1. The first kappa shape index (κ1) is 18.4. The first-order chi connectivity index (χ1) is 11.6. The summed E-state index contributed by atoms with van der Waals surface area (Å²) in [6, 6.07) is 14.9. The van der Waals surface area contributed by atoms with E-state index >= 15 is 0 Å². The summed E-state index contributed by atoms with van der Waals surface area (Å²) >= 11 is 7.50. The number of rotatable bonds is 7. The SMILES string of the molecule is CSc1ccc(Cl)c(C(=O)OCC(=O)NCCc2ccccc2)c1. The van der Waals surface area contributed by atoms with Gasteiger partial charge in [-0.05, 0) is 36.4 Å². The van der Waals surface area contributed by atoms with Gasteiger partial charge in [0.05, 0.1) is 10.6 Å². The fourth-order valence-corrected chi connectivity index (χ4v) is 2.67. The zero-order chi connectivity index (χ0) is 17.4. The number of esters is 1. The van der Waals surface area contributed by atoms with Crippen LogP contribution in [-0.4, -0.2) is 31.3 Å². The molecule has 0 atom stereocenters. The van der Waals surface area contributed by atoms with Gasteiger partial charge in [-0.15, -0.1) is 11.8 Å². The van der Waals surface area contributed by atoms with Crippen LogP contribution in [0.25, 0.3) is 0 Å². The Morgan fingerprint density at radius 3 is 2.62 bits per heavy atom. The van der Waals surface area contributed by atoms with Crippen molar-refractivity contribution in [3.63, 3.8) is 0 Å². The van der Waals surface area contributed by atoms with Gasteiger partial charge in [-0.3, -0.25) is 4.79 Å². The van der Waals surface area contributed by atoms with Gasteiger partial charge in [-0.2, -0.15) is 0 Å². The lowest BCUT2D eigenvalue weighted by atomic mass is 10.1. The van der Waals surface area contributed by atoms with Gasteiger partial charge < -0.3 is 10.1 Å². The zero-order valence-electron chi connectivity index (χ0n) is 13.3. The van der Waals surface area contributed by atoms with Crippen LogP contribution >= 0.6 is 23.4 Å². The smallest absolute Gasteiger partial charge is 0.340 e. The van der Waals surface area contributed by atoms with Crippen LogP contribution < -0.4 is 5.32 Å². The quantitative estimate of drug-likeness (QED) is 0.603. The van der Waals surface area contributed by atoms with E-state index in [1.54, 1.807) is 12.1 Å². The maximum atomic E-state index is 12.0. The maximum absolute atomic E-state index is 12.0. The molecule has 0 fully saturated rings. The molecule has 6 heteroatoms. The number of halogens is 1. The van der Waals surface area contributed by atoms with E-state index in [-0.39, 0.29) is 18.1 Å². The number of hydrogen-bond acceptors (Lipinski definition) is 4. The molecule has 0 saturated heterocycles. The van der Waals surface area contributed by atoms with E-state index < -0.39 is 5.97 Å². The third kappa shape index (κ3) is 5.58. The molecule has 0 bridgehead atoms. The van der Waals surface area contributed by atoms with Gasteiger partial charge >= 0.3 is 5.97 Å². The van der Waals surface area contributed by atoms with Crippen molar-refractivity contribution in [3.8, 4) is 0 Å². The number of nitrogens with one attached hydrogen (secondary N) is 1. The molecule has 0 saturated carbocycles. The fourth-order valence-electron chi connectivity index (χ4n) is 2.04. The highest BCUT2D eigenvalue weighted by atomic mass is 35.5. The average molecular weight is 364 g/mol. The third-order valence-corrected chi connectivity index (χ3v) is 4.36. The topological polar surface area (TPSA) is 55.4 Å². The van der Waals surface area contributed by atoms with Crippen molar-refractivity contribution in [2.45, 2.75) is 11.3 Å². The summed E-state index contributed by atoms with van der Waals surface area (Å²) in [5.41, 5.74) is 1.40. The number of amides is 1. The minimum absolute atomic E-state index is 0.264. The standard InChI is InChI=1S/C18H18ClNO3S/c1-24-14-7-8-16(19)15(11-14)18(22)23-12-17(21)20-10-9-13-5-3-2-4-6-13/h2-8,11H,9-10,12H2,1H3,(H,20,21). The molecule has 0 unspecified atom stereocenters. The van der Waals surface area contributed by atoms with Gasteiger partial charge in [0.2, 0.25) is 0 Å². The lowest BCUT2D eigenvalue weighted by Crippen LogP contribution is -2.30. The van der Waals surface area contributed by atoms with Crippen LogP contribution in [0.5, 0.6) is 0 Å². The van der Waals surface area contributed by atoms with Gasteiger partial charge in [-0.1, -0.05) is 41.9 Å². The monoisotopic (exact) mass is 363 g/mol. The second-order valence-corrected chi connectivity index (χ2v) is 6.29. The van der Waals surface area contributed by atoms with Crippen LogP contribution in [0.3, 0.4) is 0 Å². The fraction of sp³-hybridized carbons (Fsp3) is 0.222. The minimum atomic E-state index is -0.603. The number of ether oxygens (including phenoxy) is 1. The van der Waals surface area contributed by atoms with Gasteiger partial charge in [0.15, 0.2) is 6.61 Å². The Kier molecular flexibility index (Phi) is 7.15. The molecule has 0 aliphatic heterocycles. The second-order valence-electron chi connectivity index (χ2n) is 5.01. The molecule has 0 spiro atoms. The molecular formula is C18H18ClNO3S. The summed E-state index contributed by atoms with van der Waals surface area (Å²) in [6.45, 7) is 0.163. The first-order valence-electron chi connectivity index (χ1n) is 7.41. The summed E-state index contributed by atoms with van der Waals surface area (Å²) in [4.78, 5) is 24.7. The van der Waals surface area contributed by atoms with Crippen LogP contribution in [0, 0.1) is 0 Å². The Morgan fingerprint density at radius 2 is 1.92 bits per heavy atom. The molecule has 0 aliphatic rings. The highest BCUT2D eigenvalue weighted by Gasteiger charge is 2.14. The zero-order valence-corrected chi connectivity index (χ0v) is 14.8. The van der Waals surface area contributed by atoms with Crippen LogP contribution in [0.15, 0.2) is 53.4 Å². The van der Waals surface area contributed by atoms with Crippen molar-refractivity contribution in [1.29, 1.82) is 0 Å². The molecule has 2 aromatic carbocycles. The van der Waals surface area contributed by atoms with Crippen molar-refractivity contribution >= 4 is 35.2 Å². The van der Waals surface area contributed by atoms with Gasteiger partial charge in [0, 0.05) is 11.4 Å². The van der Waals surface area contributed by atoms with Crippen LogP contribution in [0.2, 0.25) is 5.02 Å². The van der Waals surface area contributed by atoms with Crippen molar-refractivity contribution < 1.29 is 14.3 Å². The number of thioether (sulfide) groups is 1. The molecule has 126 valence electrons. The van der Waals surface area contributed by atoms with E-state index in [4.69, 9.17) is 16.3 Å². The van der Waals surface area contributed by atoms with E-state index in [1.165, 1.54) is 11.8 Å². The van der Waals surface area contributed by atoms with Crippen molar-refractivity contribution in [1.82, 2.24) is 5.32 Å². The third-order valence-electron chi connectivity index (χ3n) is 3.31. The van der Waals surface area contributed by atoms with Crippen LogP contribution in [0.4, 0.5) is 0 Å². The van der Waals surface area contributed by atoms with E-state index in [0.29, 0.717) is 11.6 Å². The average Bonchev–Trinajstić information content (AvgIpc) is 2.61. The lowest BCUT2D eigenvalue weighted by molar-refractivity contribution is -0.124. The molecule has 4 nitrogen and oxygen atoms in total. The molecule has 2 aromatic rings. The molecule has 1 N–H and O–H groups in total. The molecule has 24 heavy (non-hydrogen) atoms. The Balaban J connectivity index is 1.78. The summed E-state index contributed by atoms with van der Waals surface area (Å²) in [6.07, 6.45) is 2.63. The maximum Gasteiger partial charge on any atom is 0.340 e. The second kappa shape index (κ2) is 9.35. The molecule has 0 radical (unpaired) electrons. The molecular weight excluding hydrogens is 346 g/mol. The molecule has 2 rings (SSSR count). The number of benzene rings is 2. The van der Waals surface area contributed by atoms with E-state index in [9.17, 15) is 9.59 Å². The summed E-state index contributed by atoms with van der Waals surface area (Å²) in [5, 5.41) is 3.03. The lowest BCUT2D eigenvalue weighted by Gasteiger charge is -2.08. The Labute approximate surface area is 150 Å². The minimum Gasteiger partial charge on any atom is -0.452 e. The van der Waals surface area contributed by atoms with E-state index in [0.717, 1.165) is 16.9 Å².